The van der Waals surface area contributed by atoms with Crippen LogP contribution in [0.1, 0.15) is 38.2 Å². The van der Waals surface area contributed by atoms with Crippen LogP contribution in [0.2, 0.25) is 0 Å². The molecule has 0 spiro atoms. The molecule has 0 unspecified atom stereocenters. The third-order valence-corrected chi connectivity index (χ3v) is 3.86. The van der Waals surface area contributed by atoms with Gasteiger partial charge in [-0.15, -0.1) is 0 Å². The Morgan fingerprint density at radius 1 is 1.21 bits per heavy atom. The highest BCUT2D eigenvalue weighted by Crippen LogP contribution is 2.31. The molecule has 2 rings (SSSR count). The zero-order chi connectivity index (χ0) is 13.9. The van der Waals surface area contributed by atoms with Crippen molar-refractivity contribution in [3.05, 3.63) is 35.4 Å². The first-order valence-electron chi connectivity index (χ1n) is 6.91. The van der Waals surface area contributed by atoms with Gasteiger partial charge in [0.05, 0.1) is 5.60 Å². The second kappa shape index (κ2) is 5.97. The lowest BCUT2D eigenvalue weighted by molar-refractivity contribution is -0.00303. The molecular formula is C15H21F2NO. The van der Waals surface area contributed by atoms with Gasteiger partial charge in [-0.05, 0) is 49.9 Å². The topological polar surface area (TPSA) is 32.3 Å². The van der Waals surface area contributed by atoms with Crippen LogP contribution >= 0.6 is 0 Å². The van der Waals surface area contributed by atoms with Crippen LogP contribution in [0.15, 0.2) is 18.2 Å². The van der Waals surface area contributed by atoms with E-state index >= 15 is 0 Å². The van der Waals surface area contributed by atoms with Crippen molar-refractivity contribution in [1.82, 2.24) is 5.32 Å². The van der Waals surface area contributed by atoms with Crippen LogP contribution in [-0.2, 0) is 6.42 Å². The molecule has 19 heavy (non-hydrogen) atoms. The van der Waals surface area contributed by atoms with Crippen molar-refractivity contribution in [1.29, 1.82) is 0 Å². The van der Waals surface area contributed by atoms with Gasteiger partial charge in [-0.25, -0.2) is 8.78 Å². The minimum atomic E-state index is -0.827. The molecule has 1 saturated carbocycles. The third kappa shape index (κ3) is 3.98. The second-order valence-corrected chi connectivity index (χ2v) is 5.51. The van der Waals surface area contributed by atoms with Gasteiger partial charge >= 0.3 is 0 Å². The van der Waals surface area contributed by atoms with Crippen LogP contribution in [-0.4, -0.2) is 23.3 Å². The van der Waals surface area contributed by atoms with E-state index in [-0.39, 0.29) is 0 Å². The standard InChI is InChI=1S/C15H21F2NO/c1-2-18-14-3-5-15(19,6-4-14)10-11-7-12(16)9-13(17)8-11/h7-9,14,18-19H,2-6,10H2,1H3. The molecule has 1 aliphatic carbocycles. The quantitative estimate of drug-likeness (QED) is 0.881. The smallest absolute Gasteiger partial charge is 0.126 e. The molecule has 0 aliphatic heterocycles. The maximum absolute atomic E-state index is 13.1. The first-order chi connectivity index (χ1) is 9.00. The van der Waals surface area contributed by atoms with E-state index in [1.807, 2.05) is 0 Å². The molecule has 106 valence electrons. The number of hydrogen-bond donors (Lipinski definition) is 2. The Hall–Kier alpha value is -1.00. The summed E-state index contributed by atoms with van der Waals surface area (Å²) in [5, 5.41) is 13.9. The minimum Gasteiger partial charge on any atom is -0.390 e. The van der Waals surface area contributed by atoms with Gasteiger partial charge in [-0.1, -0.05) is 6.92 Å². The highest BCUT2D eigenvalue weighted by atomic mass is 19.1. The molecule has 0 bridgehead atoms. The summed E-state index contributed by atoms with van der Waals surface area (Å²) in [7, 11) is 0. The maximum Gasteiger partial charge on any atom is 0.126 e. The number of benzene rings is 1. The fourth-order valence-electron chi connectivity index (χ4n) is 2.92. The molecule has 0 atom stereocenters. The average Bonchev–Trinajstić information content (AvgIpc) is 2.31. The number of halogens is 2. The Bertz CT molecular complexity index is 408. The van der Waals surface area contributed by atoms with Crippen LogP contribution < -0.4 is 5.32 Å². The lowest BCUT2D eigenvalue weighted by Crippen LogP contribution is -2.42. The summed E-state index contributed by atoms with van der Waals surface area (Å²) in [6.07, 6.45) is 3.47. The van der Waals surface area contributed by atoms with Crippen LogP contribution in [0.5, 0.6) is 0 Å². The minimum absolute atomic E-state index is 0.320. The zero-order valence-corrected chi connectivity index (χ0v) is 11.3. The highest BCUT2D eigenvalue weighted by Gasteiger charge is 2.33. The lowest BCUT2D eigenvalue weighted by Gasteiger charge is -2.36. The highest BCUT2D eigenvalue weighted by molar-refractivity contribution is 5.20. The number of rotatable bonds is 4. The average molecular weight is 269 g/mol. The van der Waals surface area contributed by atoms with Crippen LogP contribution in [0.4, 0.5) is 8.78 Å². The molecule has 1 fully saturated rings. The molecule has 1 aliphatic rings. The van der Waals surface area contributed by atoms with Crippen molar-refractivity contribution < 1.29 is 13.9 Å². The predicted molar refractivity (Wildman–Crippen MR) is 70.9 cm³/mol. The molecule has 1 aromatic carbocycles. The normalized spacial score (nSPS) is 27.5. The van der Waals surface area contributed by atoms with Gasteiger partial charge in [0.1, 0.15) is 11.6 Å². The number of hydrogen-bond acceptors (Lipinski definition) is 2. The summed E-state index contributed by atoms with van der Waals surface area (Å²) >= 11 is 0. The Morgan fingerprint density at radius 3 is 2.32 bits per heavy atom. The largest absolute Gasteiger partial charge is 0.390 e. The first-order valence-corrected chi connectivity index (χ1v) is 6.91. The fourth-order valence-corrected chi connectivity index (χ4v) is 2.92. The molecule has 1 aromatic rings. The van der Waals surface area contributed by atoms with E-state index in [1.54, 1.807) is 0 Å². The molecule has 4 heteroatoms. The zero-order valence-electron chi connectivity index (χ0n) is 11.3. The summed E-state index contributed by atoms with van der Waals surface area (Å²) in [6, 6.07) is 3.92. The van der Waals surface area contributed by atoms with E-state index in [9.17, 15) is 13.9 Å². The molecule has 0 heterocycles. The molecule has 2 N–H and O–H groups in total. The molecule has 2 nitrogen and oxygen atoms in total. The molecule has 0 radical (unpaired) electrons. The number of nitrogens with one attached hydrogen (secondary N) is 1. The maximum atomic E-state index is 13.1. The summed E-state index contributed by atoms with van der Waals surface area (Å²) < 4.78 is 26.3. The Balaban J connectivity index is 1.98. The first kappa shape index (κ1) is 14.4. The molecule has 0 saturated heterocycles. The summed E-state index contributed by atoms with van der Waals surface area (Å²) in [5.74, 6) is -1.17. The SMILES string of the molecule is CCNC1CCC(O)(Cc2cc(F)cc(F)c2)CC1. The van der Waals surface area contributed by atoms with Crippen molar-refractivity contribution in [3.63, 3.8) is 0 Å². The Morgan fingerprint density at radius 2 is 1.79 bits per heavy atom. The van der Waals surface area contributed by atoms with Crippen LogP contribution in [0.25, 0.3) is 0 Å². The van der Waals surface area contributed by atoms with Gasteiger partial charge in [0.2, 0.25) is 0 Å². The fraction of sp³-hybridized carbons (Fsp3) is 0.600. The van der Waals surface area contributed by atoms with Gasteiger partial charge in [0, 0.05) is 18.5 Å². The van der Waals surface area contributed by atoms with E-state index in [0.29, 0.717) is 30.9 Å². The lowest BCUT2D eigenvalue weighted by atomic mass is 9.78. The van der Waals surface area contributed by atoms with Crippen molar-refractivity contribution >= 4 is 0 Å². The number of aliphatic hydroxyl groups is 1. The Labute approximate surface area is 112 Å². The van der Waals surface area contributed by atoms with E-state index in [4.69, 9.17) is 0 Å². The van der Waals surface area contributed by atoms with Crippen molar-refractivity contribution in [2.75, 3.05) is 6.54 Å². The van der Waals surface area contributed by atoms with Gasteiger partial charge in [-0.3, -0.25) is 0 Å². The summed E-state index contributed by atoms with van der Waals surface area (Å²) in [5.41, 5.74) is -0.298. The van der Waals surface area contributed by atoms with E-state index < -0.39 is 17.2 Å². The van der Waals surface area contributed by atoms with Gasteiger partial charge in [-0.2, -0.15) is 0 Å². The van der Waals surface area contributed by atoms with Gasteiger partial charge in [0.15, 0.2) is 0 Å². The Kier molecular flexibility index (Phi) is 4.53. The monoisotopic (exact) mass is 269 g/mol. The second-order valence-electron chi connectivity index (χ2n) is 5.51. The van der Waals surface area contributed by atoms with Crippen LogP contribution in [0, 0.1) is 11.6 Å². The van der Waals surface area contributed by atoms with Gasteiger partial charge < -0.3 is 10.4 Å². The van der Waals surface area contributed by atoms with E-state index in [1.165, 1.54) is 12.1 Å². The van der Waals surface area contributed by atoms with E-state index in [0.717, 1.165) is 25.5 Å². The molecular weight excluding hydrogens is 248 g/mol. The third-order valence-electron chi connectivity index (χ3n) is 3.86. The van der Waals surface area contributed by atoms with Crippen LogP contribution in [0.3, 0.4) is 0 Å². The molecule has 0 aromatic heterocycles. The van der Waals surface area contributed by atoms with Gasteiger partial charge in [0.25, 0.3) is 0 Å². The summed E-state index contributed by atoms with van der Waals surface area (Å²) in [6.45, 7) is 2.99. The van der Waals surface area contributed by atoms with Crippen molar-refractivity contribution in [2.24, 2.45) is 0 Å². The predicted octanol–water partition coefficient (Wildman–Crippen LogP) is 2.79. The summed E-state index contributed by atoms with van der Waals surface area (Å²) in [4.78, 5) is 0. The van der Waals surface area contributed by atoms with E-state index in [2.05, 4.69) is 12.2 Å². The molecule has 0 amide bonds. The van der Waals surface area contributed by atoms with Crippen molar-refractivity contribution in [3.8, 4) is 0 Å². The van der Waals surface area contributed by atoms with Crippen molar-refractivity contribution in [2.45, 2.75) is 50.7 Å².